The molecule has 1 radical (unpaired) electrons. The number of carbonyl (C=O) groups excluding carboxylic acids is 1. The molecule has 0 fully saturated rings. The van der Waals surface area contributed by atoms with Gasteiger partial charge < -0.3 is 5.32 Å². The maximum Gasteiger partial charge on any atom is 0.224 e. The number of carbonyl (C=O) groups is 1. The number of hydrogen-bond donors (Lipinski definition) is 1. The van der Waals surface area contributed by atoms with Gasteiger partial charge in [0.25, 0.3) is 0 Å². The molecule has 0 bridgehead atoms. The predicted octanol–water partition coefficient (Wildman–Crippen LogP) is 2.04. The molecule has 0 saturated heterocycles. The Morgan fingerprint density at radius 3 is 2.46 bits per heavy atom. The molecule has 1 amide bonds. The molecule has 0 aliphatic rings. The van der Waals surface area contributed by atoms with Crippen LogP contribution in [0.15, 0.2) is 30.3 Å². The Morgan fingerprint density at radius 2 is 1.92 bits per heavy atom. The zero-order valence-corrected chi connectivity index (χ0v) is 11.3. The fraction of sp³-hybridized carbons (Fsp3) is 0.300. The summed E-state index contributed by atoms with van der Waals surface area (Å²) in [5, 5.41) is 2.80. The van der Waals surface area contributed by atoms with Gasteiger partial charge in [-0.15, -0.1) is 0 Å². The van der Waals surface area contributed by atoms with Gasteiger partial charge in [0.2, 0.25) is 5.91 Å². The predicted molar refractivity (Wildman–Crippen MR) is 55.7 cm³/mol. The first-order chi connectivity index (χ1) is 5.83. The van der Waals surface area contributed by atoms with Gasteiger partial charge in [-0.1, -0.05) is 25.1 Å². The van der Waals surface area contributed by atoms with Gasteiger partial charge >= 0.3 is 0 Å². The van der Waals surface area contributed by atoms with Crippen molar-refractivity contribution in [3.63, 3.8) is 0 Å². The van der Waals surface area contributed by atoms with E-state index in [9.17, 15) is 4.79 Å². The largest absolute Gasteiger partial charge is 0.326 e. The summed E-state index contributed by atoms with van der Waals surface area (Å²) in [6.07, 6.45) is 1.48. The summed E-state index contributed by atoms with van der Waals surface area (Å²) < 4.78 is 0. The monoisotopic (exact) mass is 202 g/mol. The van der Waals surface area contributed by atoms with E-state index in [2.05, 4.69) is 5.32 Å². The van der Waals surface area contributed by atoms with Crippen LogP contribution in [0, 0.1) is 0 Å². The molecular weight excluding hydrogens is 189 g/mol. The maximum atomic E-state index is 11.1. The van der Waals surface area contributed by atoms with Crippen LogP contribution in [0.5, 0.6) is 0 Å². The molecule has 2 nitrogen and oxygen atoms in total. The Kier molecular flexibility index (Phi) is 7.90. The second-order valence-corrected chi connectivity index (χ2v) is 2.66. The molecule has 3 heteroatoms. The first-order valence-electron chi connectivity index (χ1n) is 4.18. The Bertz CT molecular complexity index is 248. The molecule has 0 aromatic heterocycles. The number of benzene rings is 1. The Labute approximate surface area is 122 Å². The van der Waals surface area contributed by atoms with Crippen molar-refractivity contribution >= 4 is 63.0 Å². The minimum Gasteiger partial charge on any atom is -0.326 e. The van der Waals surface area contributed by atoms with Gasteiger partial charge in [-0.2, -0.15) is 0 Å². The number of rotatable bonds is 3. The van der Waals surface area contributed by atoms with E-state index in [1.165, 1.54) is 0 Å². The van der Waals surface area contributed by atoms with E-state index in [0.29, 0.717) is 6.42 Å². The van der Waals surface area contributed by atoms with Crippen molar-refractivity contribution in [3.8, 4) is 0 Å². The van der Waals surface area contributed by atoms with E-state index in [-0.39, 0.29) is 57.3 Å². The molecular formula is C10H13KNO. The van der Waals surface area contributed by atoms with Crippen molar-refractivity contribution in [2.45, 2.75) is 19.8 Å². The number of hydrogen-bond acceptors (Lipinski definition) is 1. The molecule has 1 N–H and O–H groups in total. The van der Waals surface area contributed by atoms with Crippen LogP contribution < -0.4 is 5.32 Å². The van der Waals surface area contributed by atoms with Crippen molar-refractivity contribution < 1.29 is 4.79 Å². The van der Waals surface area contributed by atoms with E-state index >= 15 is 0 Å². The normalized spacial score (nSPS) is 8.69. The van der Waals surface area contributed by atoms with E-state index in [0.717, 1.165) is 12.1 Å². The Balaban J connectivity index is 0.00000144. The van der Waals surface area contributed by atoms with E-state index in [1.807, 2.05) is 37.3 Å². The van der Waals surface area contributed by atoms with Crippen molar-refractivity contribution in [2.24, 2.45) is 0 Å². The molecule has 0 saturated carbocycles. The summed E-state index contributed by atoms with van der Waals surface area (Å²) in [6.45, 7) is 1.99. The zero-order chi connectivity index (χ0) is 8.81. The standard InChI is InChI=1S/C10H13NO.K/c1-2-6-10(12)11-9-7-4-3-5-8-9;/h3-5,7-8H,2,6H2,1H3,(H,11,12);. The average molecular weight is 202 g/mol. The summed E-state index contributed by atoms with van der Waals surface area (Å²) in [5.41, 5.74) is 0.871. The first kappa shape index (κ1) is 13.3. The molecule has 0 unspecified atom stereocenters. The van der Waals surface area contributed by atoms with Crippen LogP contribution in [0.1, 0.15) is 19.8 Å². The van der Waals surface area contributed by atoms with Crippen LogP contribution in [0.2, 0.25) is 0 Å². The minimum atomic E-state index is 0. The third kappa shape index (κ3) is 5.60. The number of nitrogens with one attached hydrogen (secondary N) is 1. The number of amides is 1. The van der Waals surface area contributed by atoms with Crippen LogP contribution in [-0.2, 0) is 4.79 Å². The smallest absolute Gasteiger partial charge is 0.224 e. The van der Waals surface area contributed by atoms with Crippen LogP contribution in [0.25, 0.3) is 0 Å². The molecule has 1 aromatic rings. The summed E-state index contributed by atoms with van der Waals surface area (Å²) >= 11 is 0. The van der Waals surface area contributed by atoms with Gasteiger partial charge in [-0.05, 0) is 18.6 Å². The van der Waals surface area contributed by atoms with Gasteiger partial charge in [-0.25, -0.2) is 0 Å². The van der Waals surface area contributed by atoms with E-state index < -0.39 is 0 Å². The number of para-hydroxylation sites is 1. The summed E-state index contributed by atoms with van der Waals surface area (Å²) in [4.78, 5) is 11.1. The number of anilines is 1. The maximum absolute atomic E-state index is 11.1. The third-order valence-electron chi connectivity index (χ3n) is 1.53. The van der Waals surface area contributed by atoms with Gasteiger partial charge in [0.05, 0.1) is 0 Å². The molecule has 0 aliphatic carbocycles. The van der Waals surface area contributed by atoms with Crippen molar-refractivity contribution in [3.05, 3.63) is 30.3 Å². The average Bonchev–Trinajstić information content (AvgIpc) is 2.06. The van der Waals surface area contributed by atoms with Gasteiger partial charge in [0, 0.05) is 63.5 Å². The van der Waals surface area contributed by atoms with Crippen LogP contribution in [0.3, 0.4) is 0 Å². The van der Waals surface area contributed by atoms with Crippen LogP contribution in [0.4, 0.5) is 5.69 Å². The molecule has 13 heavy (non-hydrogen) atoms. The summed E-state index contributed by atoms with van der Waals surface area (Å²) in [5.74, 6) is 0.0868. The topological polar surface area (TPSA) is 29.1 Å². The van der Waals surface area contributed by atoms with Crippen molar-refractivity contribution in [1.29, 1.82) is 0 Å². The van der Waals surface area contributed by atoms with Gasteiger partial charge in [0.1, 0.15) is 0 Å². The van der Waals surface area contributed by atoms with Crippen LogP contribution in [-0.4, -0.2) is 57.3 Å². The molecule has 65 valence electrons. The molecule has 0 aliphatic heterocycles. The quantitative estimate of drug-likeness (QED) is 0.747. The second kappa shape index (κ2) is 7.70. The summed E-state index contributed by atoms with van der Waals surface area (Å²) in [7, 11) is 0. The molecule has 1 aromatic carbocycles. The first-order valence-corrected chi connectivity index (χ1v) is 4.18. The van der Waals surface area contributed by atoms with E-state index in [4.69, 9.17) is 0 Å². The molecule has 0 spiro atoms. The Morgan fingerprint density at radius 1 is 1.31 bits per heavy atom. The molecule has 0 atom stereocenters. The molecule has 0 heterocycles. The fourth-order valence-corrected chi connectivity index (χ4v) is 0.972. The van der Waals surface area contributed by atoms with Crippen LogP contribution >= 0.6 is 0 Å². The van der Waals surface area contributed by atoms with E-state index in [1.54, 1.807) is 0 Å². The minimum absolute atomic E-state index is 0. The molecule has 1 rings (SSSR count). The fourth-order valence-electron chi connectivity index (χ4n) is 0.972. The summed E-state index contributed by atoms with van der Waals surface area (Å²) in [6, 6.07) is 9.50. The zero-order valence-electron chi connectivity index (χ0n) is 8.21. The SMILES string of the molecule is CCCC(=O)Nc1ccccc1.[K]. The second-order valence-electron chi connectivity index (χ2n) is 2.66. The van der Waals surface area contributed by atoms with Crippen molar-refractivity contribution in [1.82, 2.24) is 0 Å². The third-order valence-corrected chi connectivity index (χ3v) is 1.53. The van der Waals surface area contributed by atoms with Gasteiger partial charge in [0.15, 0.2) is 0 Å². The van der Waals surface area contributed by atoms with Crippen molar-refractivity contribution in [2.75, 3.05) is 5.32 Å². The Hall–Kier alpha value is 0.326. The van der Waals surface area contributed by atoms with Gasteiger partial charge in [-0.3, -0.25) is 4.79 Å².